The number of amides is 2. The lowest BCUT2D eigenvalue weighted by atomic mass is 9.97. The molecule has 2 amide bonds. The molecule has 1 saturated carbocycles. The molecule has 3 heterocycles. The molecule has 8 nitrogen and oxygen atoms in total. The average Bonchev–Trinajstić information content (AvgIpc) is 3.10. The number of nitrogens with one attached hydrogen (secondary N) is 1. The van der Waals surface area contributed by atoms with Crippen LogP contribution in [0.3, 0.4) is 0 Å². The Balaban J connectivity index is 1.43. The maximum absolute atomic E-state index is 13.9. The maximum atomic E-state index is 13.9. The summed E-state index contributed by atoms with van der Waals surface area (Å²) in [5.41, 5.74) is -2.50. The van der Waals surface area contributed by atoms with Gasteiger partial charge in [-0.25, -0.2) is 13.2 Å². The van der Waals surface area contributed by atoms with Gasteiger partial charge in [0.25, 0.3) is 11.8 Å². The fourth-order valence-electron chi connectivity index (χ4n) is 5.26. The van der Waals surface area contributed by atoms with Gasteiger partial charge in [-0.1, -0.05) is 0 Å². The third-order valence-electron chi connectivity index (χ3n) is 6.83. The Morgan fingerprint density at radius 1 is 1.23 bits per heavy atom. The van der Waals surface area contributed by atoms with Crippen molar-refractivity contribution in [3.8, 4) is 18.1 Å². The predicted molar refractivity (Wildman–Crippen MR) is 115 cm³/mol. The zero-order valence-electron chi connectivity index (χ0n) is 18.3. The van der Waals surface area contributed by atoms with Crippen molar-refractivity contribution in [2.24, 2.45) is 5.92 Å². The normalized spacial score (nSPS) is 24.5. The molecule has 2 N–H and O–H groups in total. The number of halogens is 3. The fourth-order valence-corrected chi connectivity index (χ4v) is 5.26. The highest BCUT2D eigenvalue weighted by Gasteiger charge is 2.51. The quantitative estimate of drug-likeness (QED) is 0.642. The first-order chi connectivity index (χ1) is 16.7. The van der Waals surface area contributed by atoms with Crippen LogP contribution in [-0.4, -0.2) is 44.8 Å². The molecular weight excluding hydrogens is 467 g/mol. The summed E-state index contributed by atoms with van der Waals surface area (Å²) in [5.74, 6) is -3.41. The van der Waals surface area contributed by atoms with E-state index in [4.69, 9.17) is 11.2 Å². The van der Waals surface area contributed by atoms with E-state index in [9.17, 15) is 32.7 Å². The second-order valence-electron chi connectivity index (χ2n) is 8.88. The van der Waals surface area contributed by atoms with Crippen LogP contribution >= 0.6 is 0 Å². The topological polar surface area (TPSA) is 101 Å². The first kappa shape index (κ1) is 23.0. The zero-order chi connectivity index (χ0) is 25.0. The van der Waals surface area contributed by atoms with Gasteiger partial charge in [0.1, 0.15) is 23.0 Å². The minimum absolute atomic E-state index is 0.0386. The minimum atomic E-state index is -1.20. The number of aromatic hydroxyl groups is 1. The molecule has 3 aliphatic rings. The molecule has 1 aliphatic carbocycles. The number of fused-ring (bicyclic) bond motifs is 5. The van der Waals surface area contributed by atoms with Crippen LogP contribution in [0.4, 0.5) is 13.2 Å². The van der Waals surface area contributed by atoms with Gasteiger partial charge in [-0.2, -0.15) is 0 Å². The molecule has 0 radical (unpaired) electrons. The van der Waals surface area contributed by atoms with E-state index < -0.39 is 64.3 Å². The first-order valence-corrected chi connectivity index (χ1v) is 11.0. The van der Waals surface area contributed by atoms with Crippen molar-refractivity contribution >= 4 is 11.8 Å². The summed E-state index contributed by atoms with van der Waals surface area (Å²) in [7, 11) is 0. The fraction of sp³-hybridized carbons (Fsp3) is 0.375. The van der Waals surface area contributed by atoms with Crippen LogP contribution in [0.5, 0.6) is 5.75 Å². The summed E-state index contributed by atoms with van der Waals surface area (Å²) < 4.78 is 48.2. The van der Waals surface area contributed by atoms with Crippen LogP contribution in [0.25, 0.3) is 0 Å². The molecule has 5 rings (SSSR count). The lowest BCUT2D eigenvalue weighted by Crippen LogP contribution is -2.58. The van der Waals surface area contributed by atoms with Crippen molar-refractivity contribution in [1.82, 2.24) is 14.8 Å². The van der Waals surface area contributed by atoms with E-state index in [2.05, 4.69) is 11.2 Å². The van der Waals surface area contributed by atoms with Gasteiger partial charge in [0, 0.05) is 42.9 Å². The first-order valence-electron chi connectivity index (χ1n) is 11.0. The molecule has 1 unspecified atom stereocenters. The largest absolute Gasteiger partial charge is 0.503 e. The molecule has 1 aromatic carbocycles. The number of benzene rings is 1. The van der Waals surface area contributed by atoms with Crippen LogP contribution in [-0.2, 0) is 17.8 Å². The Labute approximate surface area is 197 Å². The van der Waals surface area contributed by atoms with Crippen molar-refractivity contribution in [3.63, 3.8) is 0 Å². The number of ether oxygens (including phenoxy) is 1. The SMILES string of the molecule is C#CC[C@@H]1C[C@@H]2C[C@H]1N1C(=O)c3c(O)c(=O)c(C(=O)NCc4c(F)cc(F)cc4F)cn3CC1O2. The lowest BCUT2D eigenvalue weighted by molar-refractivity contribution is -0.133. The van der Waals surface area contributed by atoms with Gasteiger partial charge >= 0.3 is 0 Å². The number of rotatable bonds is 4. The van der Waals surface area contributed by atoms with E-state index in [1.807, 2.05) is 0 Å². The molecule has 1 saturated heterocycles. The van der Waals surface area contributed by atoms with Gasteiger partial charge in [-0.05, 0) is 18.8 Å². The van der Waals surface area contributed by atoms with Gasteiger partial charge in [0.15, 0.2) is 17.7 Å². The molecule has 2 bridgehead atoms. The Morgan fingerprint density at radius 2 is 1.94 bits per heavy atom. The maximum Gasteiger partial charge on any atom is 0.276 e. The average molecular weight is 487 g/mol. The van der Waals surface area contributed by atoms with Gasteiger partial charge in [0.05, 0.1) is 12.6 Å². The second-order valence-corrected chi connectivity index (χ2v) is 8.88. The van der Waals surface area contributed by atoms with Gasteiger partial charge in [-0.3, -0.25) is 14.4 Å². The number of carbonyl (C=O) groups is 2. The summed E-state index contributed by atoms with van der Waals surface area (Å²) in [6, 6.07) is 0.744. The van der Waals surface area contributed by atoms with Crippen molar-refractivity contribution in [2.45, 2.75) is 50.7 Å². The highest BCUT2D eigenvalue weighted by atomic mass is 19.1. The van der Waals surface area contributed by atoms with Crippen LogP contribution in [0, 0.1) is 35.7 Å². The standard InChI is InChI=1S/C24H20F3N3O5/c1-2-3-11-4-13-7-18(11)30-19(35-13)10-29-9-15(21(31)22(32)20(29)24(30)34)23(33)28-8-14-16(26)5-12(25)6-17(14)27/h1,5-6,9,11,13,18-19,32H,3-4,7-8,10H2,(H,28,33)/t11-,13-,18-,19?/m1/s1. The zero-order valence-corrected chi connectivity index (χ0v) is 18.3. The molecule has 1 aromatic heterocycles. The summed E-state index contributed by atoms with van der Waals surface area (Å²) in [6.45, 7) is -0.608. The van der Waals surface area contributed by atoms with E-state index in [0.717, 1.165) is 6.20 Å². The molecule has 11 heteroatoms. The van der Waals surface area contributed by atoms with Crippen molar-refractivity contribution in [3.05, 3.63) is 62.8 Å². The highest BCUT2D eigenvalue weighted by molar-refractivity contribution is 5.99. The van der Waals surface area contributed by atoms with Crippen LogP contribution < -0.4 is 10.7 Å². The molecule has 182 valence electrons. The van der Waals surface area contributed by atoms with Crippen molar-refractivity contribution < 1.29 is 32.6 Å². The number of hydrogen-bond acceptors (Lipinski definition) is 5. The highest BCUT2D eigenvalue weighted by Crippen LogP contribution is 2.43. The van der Waals surface area contributed by atoms with E-state index in [1.54, 1.807) is 0 Å². The lowest BCUT2D eigenvalue weighted by Gasteiger charge is -2.45. The molecule has 35 heavy (non-hydrogen) atoms. The number of aromatic nitrogens is 1. The minimum Gasteiger partial charge on any atom is -0.503 e. The number of nitrogens with zero attached hydrogens (tertiary/aromatic N) is 2. The number of terminal acetylenes is 1. The molecule has 2 aromatic rings. The van der Waals surface area contributed by atoms with Gasteiger partial charge < -0.3 is 24.6 Å². The third kappa shape index (κ3) is 3.74. The third-order valence-corrected chi connectivity index (χ3v) is 6.83. The van der Waals surface area contributed by atoms with Gasteiger partial charge in [0.2, 0.25) is 5.43 Å². The number of pyridine rings is 1. The summed E-state index contributed by atoms with van der Waals surface area (Å²) in [6.07, 6.45) is 7.60. The van der Waals surface area contributed by atoms with Crippen LogP contribution in [0.2, 0.25) is 0 Å². The molecule has 2 fully saturated rings. The van der Waals surface area contributed by atoms with E-state index in [1.165, 1.54) is 9.47 Å². The Kier molecular flexibility index (Phi) is 5.56. The Morgan fingerprint density at radius 3 is 2.63 bits per heavy atom. The van der Waals surface area contributed by atoms with Crippen molar-refractivity contribution in [2.75, 3.05) is 0 Å². The van der Waals surface area contributed by atoms with E-state index in [-0.39, 0.29) is 30.3 Å². The smallest absolute Gasteiger partial charge is 0.276 e. The van der Waals surface area contributed by atoms with Crippen molar-refractivity contribution in [1.29, 1.82) is 0 Å². The van der Waals surface area contributed by atoms with Crippen LogP contribution in [0.1, 0.15) is 45.7 Å². The number of carbonyl (C=O) groups excluding carboxylic acids is 2. The van der Waals surface area contributed by atoms with Gasteiger partial charge in [-0.15, -0.1) is 12.3 Å². The Bertz CT molecular complexity index is 1330. The Hall–Kier alpha value is -3.78. The monoisotopic (exact) mass is 487 g/mol. The van der Waals surface area contributed by atoms with Crippen LogP contribution in [0.15, 0.2) is 23.1 Å². The molecule has 4 atom stereocenters. The summed E-state index contributed by atoms with van der Waals surface area (Å²) in [5, 5.41) is 12.8. The predicted octanol–water partition coefficient (Wildman–Crippen LogP) is 1.88. The molecule has 2 aliphatic heterocycles. The summed E-state index contributed by atoms with van der Waals surface area (Å²) in [4.78, 5) is 40.2. The van der Waals surface area contributed by atoms with E-state index in [0.29, 0.717) is 31.4 Å². The second kappa shape index (κ2) is 8.46. The molecule has 0 spiro atoms. The molecular formula is C24H20F3N3O5. The number of hydrogen-bond donors (Lipinski definition) is 2. The summed E-state index contributed by atoms with van der Waals surface area (Å²) >= 11 is 0. The van der Waals surface area contributed by atoms with E-state index >= 15 is 0 Å².